The Morgan fingerprint density at radius 2 is 2.06 bits per heavy atom. The second-order valence-corrected chi connectivity index (χ2v) is 3.69. The molecular formula is C11H6ClF2N3O. The molecule has 0 spiro atoms. The van der Waals surface area contributed by atoms with E-state index in [0.717, 1.165) is 12.1 Å². The number of carbonyl (C=O) groups excluding carboxylic acids is 1. The van der Waals surface area contributed by atoms with Gasteiger partial charge in [0.2, 0.25) is 0 Å². The second kappa shape index (κ2) is 5.05. The molecule has 0 unspecified atom stereocenters. The fraction of sp³-hybridized carbons (Fsp3) is 0. The first-order valence-electron chi connectivity index (χ1n) is 4.80. The van der Waals surface area contributed by atoms with Gasteiger partial charge in [-0.1, -0.05) is 11.6 Å². The zero-order valence-electron chi connectivity index (χ0n) is 8.82. The van der Waals surface area contributed by atoms with Crippen molar-refractivity contribution in [3.8, 4) is 0 Å². The molecule has 2 aromatic rings. The minimum Gasteiger partial charge on any atom is -0.318 e. The number of aromatic nitrogens is 2. The first-order valence-corrected chi connectivity index (χ1v) is 5.18. The number of amides is 1. The molecule has 2 rings (SSSR count). The highest BCUT2D eigenvalue weighted by Gasteiger charge is 2.11. The Morgan fingerprint density at radius 3 is 2.72 bits per heavy atom. The van der Waals surface area contributed by atoms with Crippen LogP contribution in [0.4, 0.5) is 14.5 Å². The predicted octanol–water partition coefficient (Wildman–Crippen LogP) is 2.66. The van der Waals surface area contributed by atoms with E-state index in [1.54, 1.807) is 0 Å². The standard InChI is InChI=1S/C11H6ClF2N3O/c12-10-5-15-4-9(16-10)11(18)17-8-2-1-6(13)3-7(8)14/h1-5H,(H,17,18). The van der Waals surface area contributed by atoms with E-state index in [1.807, 2.05) is 0 Å². The van der Waals surface area contributed by atoms with Crippen molar-refractivity contribution in [2.45, 2.75) is 0 Å². The summed E-state index contributed by atoms with van der Waals surface area (Å²) in [4.78, 5) is 19.1. The molecule has 0 radical (unpaired) electrons. The molecule has 1 heterocycles. The van der Waals surface area contributed by atoms with Crippen molar-refractivity contribution in [2.24, 2.45) is 0 Å². The Labute approximate surface area is 106 Å². The summed E-state index contributed by atoms with van der Waals surface area (Å²) >= 11 is 5.57. The molecule has 7 heteroatoms. The van der Waals surface area contributed by atoms with Gasteiger partial charge in [-0.3, -0.25) is 9.78 Å². The number of halogens is 3. The first kappa shape index (κ1) is 12.4. The van der Waals surface area contributed by atoms with Crippen LogP contribution in [0.25, 0.3) is 0 Å². The van der Waals surface area contributed by atoms with Crippen molar-refractivity contribution in [3.63, 3.8) is 0 Å². The zero-order chi connectivity index (χ0) is 13.1. The van der Waals surface area contributed by atoms with Gasteiger partial charge in [0.1, 0.15) is 22.5 Å². The Bertz CT molecular complexity index is 607. The minimum atomic E-state index is -0.877. The third-order valence-corrected chi connectivity index (χ3v) is 2.20. The van der Waals surface area contributed by atoms with Crippen LogP contribution in [0.3, 0.4) is 0 Å². The fourth-order valence-corrected chi connectivity index (χ4v) is 1.38. The number of nitrogens with one attached hydrogen (secondary N) is 1. The van der Waals surface area contributed by atoms with Gasteiger partial charge in [-0.2, -0.15) is 0 Å². The van der Waals surface area contributed by atoms with E-state index in [1.165, 1.54) is 12.4 Å². The molecule has 1 N–H and O–H groups in total. The second-order valence-electron chi connectivity index (χ2n) is 3.31. The largest absolute Gasteiger partial charge is 0.318 e. The van der Waals surface area contributed by atoms with Gasteiger partial charge in [-0.05, 0) is 12.1 Å². The molecule has 0 aliphatic carbocycles. The quantitative estimate of drug-likeness (QED) is 0.912. The Balaban J connectivity index is 2.21. The molecule has 1 aromatic heterocycles. The molecule has 0 aliphatic heterocycles. The first-order chi connectivity index (χ1) is 8.56. The van der Waals surface area contributed by atoms with Gasteiger partial charge in [-0.15, -0.1) is 0 Å². The van der Waals surface area contributed by atoms with Crippen molar-refractivity contribution in [1.29, 1.82) is 0 Å². The molecular weight excluding hydrogens is 264 g/mol. The van der Waals surface area contributed by atoms with Crippen molar-refractivity contribution < 1.29 is 13.6 Å². The predicted molar refractivity (Wildman–Crippen MR) is 61.4 cm³/mol. The summed E-state index contributed by atoms with van der Waals surface area (Å²) < 4.78 is 26.0. The van der Waals surface area contributed by atoms with Gasteiger partial charge in [-0.25, -0.2) is 13.8 Å². The van der Waals surface area contributed by atoms with E-state index in [-0.39, 0.29) is 16.5 Å². The van der Waals surface area contributed by atoms with E-state index >= 15 is 0 Å². The maximum absolute atomic E-state index is 13.3. The lowest BCUT2D eigenvalue weighted by atomic mass is 10.3. The summed E-state index contributed by atoms with van der Waals surface area (Å²) in [6.07, 6.45) is 2.44. The third kappa shape index (κ3) is 2.78. The molecule has 1 aromatic carbocycles. The van der Waals surface area contributed by atoms with Crippen LogP contribution < -0.4 is 5.32 Å². The van der Waals surface area contributed by atoms with Crippen molar-refractivity contribution in [1.82, 2.24) is 9.97 Å². The summed E-state index contributed by atoms with van der Waals surface area (Å²) in [6, 6.07) is 2.81. The zero-order valence-corrected chi connectivity index (χ0v) is 9.58. The van der Waals surface area contributed by atoms with Crippen molar-refractivity contribution in [2.75, 3.05) is 5.32 Å². The smallest absolute Gasteiger partial charge is 0.276 e. The Morgan fingerprint density at radius 1 is 1.28 bits per heavy atom. The molecule has 0 aliphatic rings. The van der Waals surface area contributed by atoms with Crippen LogP contribution >= 0.6 is 11.6 Å². The number of hydrogen-bond acceptors (Lipinski definition) is 3. The lowest BCUT2D eigenvalue weighted by Gasteiger charge is -2.05. The molecule has 0 saturated heterocycles. The maximum Gasteiger partial charge on any atom is 0.276 e. The highest BCUT2D eigenvalue weighted by atomic mass is 35.5. The van der Waals surface area contributed by atoms with Crippen LogP contribution in [-0.2, 0) is 0 Å². The van der Waals surface area contributed by atoms with Crippen molar-refractivity contribution in [3.05, 3.63) is 53.1 Å². The van der Waals surface area contributed by atoms with Gasteiger partial charge >= 0.3 is 0 Å². The van der Waals surface area contributed by atoms with Crippen LogP contribution in [0.2, 0.25) is 5.15 Å². The molecule has 0 fully saturated rings. The number of carbonyl (C=O) groups is 1. The van der Waals surface area contributed by atoms with Crippen LogP contribution in [-0.4, -0.2) is 15.9 Å². The van der Waals surface area contributed by atoms with Crippen LogP contribution in [0, 0.1) is 11.6 Å². The molecule has 92 valence electrons. The number of rotatable bonds is 2. The molecule has 4 nitrogen and oxygen atoms in total. The van der Waals surface area contributed by atoms with Crippen LogP contribution in [0.5, 0.6) is 0 Å². The van der Waals surface area contributed by atoms with E-state index in [9.17, 15) is 13.6 Å². The number of hydrogen-bond donors (Lipinski definition) is 1. The van der Waals surface area contributed by atoms with Gasteiger partial charge in [0, 0.05) is 6.07 Å². The summed E-state index contributed by atoms with van der Waals surface area (Å²) in [5, 5.41) is 2.28. The Hall–Kier alpha value is -2.08. The number of nitrogens with zero attached hydrogens (tertiary/aromatic N) is 2. The topological polar surface area (TPSA) is 54.9 Å². The average molecular weight is 270 g/mol. The summed E-state index contributed by atoms with van der Waals surface area (Å²) in [6.45, 7) is 0. The van der Waals surface area contributed by atoms with E-state index in [2.05, 4.69) is 15.3 Å². The highest BCUT2D eigenvalue weighted by molar-refractivity contribution is 6.29. The average Bonchev–Trinajstić information content (AvgIpc) is 2.32. The molecule has 0 bridgehead atoms. The summed E-state index contributed by atoms with van der Waals surface area (Å²) in [5.41, 5.74) is -0.214. The van der Waals surface area contributed by atoms with Crippen LogP contribution in [0.15, 0.2) is 30.6 Å². The van der Waals surface area contributed by atoms with Crippen LogP contribution in [0.1, 0.15) is 10.5 Å². The Kier molecular flexibility index (Phi) is 3.47. The van der Waals surface area contributed by atoms with Gasteiger partial charge in [0.05, 0.1) is 18.1 Å². The SMILES string of the molecule is O=C(Nc1ccc(F)cc1F)c1cncc(Cl)n1. The lowest BCUT2D eigenvalue weighted by Crippen LogP contribution is -2.15. The van der Waals surface area contributed by atoms with Gasteiger partial charge in [0.25, 0.3) is 5.91 Å². The van der Waals surface area contributed by atoms with Gasteiger partial charge < -0.3 is 5.32 Å². The van der Waals surface area contributed by atoms with E-state index in [0.29, 0.717) is 6.07 Å². The monoisotopic (exact) mass is 269 g/mol. The normalized spacial score (nSPS) is 10.2. The molecule has 0 saturated carbocycles. The van der Waals surface area contributed by atoms with Gasteiger partial charge in [0.15, 0.2) is 0 Å². The molecule has 0 atom stereocenters. The fourth-order valence-electron chi connectivity index (χ4n) is 1.23. The minimum absolute atomic E-state index is 0.0437. The molecule has 18 heavy (non-hydrogen) atoms. The van der Waals surface area contributed by atoms with Crippen molar-refractivity contribution >= 4 is 23.2 Å². The lowest BCUT2D eigenvalue weighted by molar-refractivity contribution is 0.102. The third-order valence-electron chi connectivity index (χ3n) is 2.02. The maximum atomic E-state index is 13.3. The number of benzene rings is 1. The highest BCUT2D eigenvalue weighted by Crippen LogP contribution is 2.15. The number of anilines is 1. The van der Waals surface area contributed by atoms with E-state index < -0.39 is 17.5 Å². The summed E-state index contributed by atoms with van der Waals surface area (Å²) in [5.74, 6) is -2.29. The van der Waals surface area contributed by atoms with E-state index in [4.69, 9.17) is 11.6 Å². The molecule has 1 amide bonds. The summed E-state index contributed by atoms with van der Waals surface area (Å²) in [7, 11) is 0.